The molecule has 1 atom stereocenters. The van der Waals surface area contributed by atoms with Crippen molar-refractivity contribution in [1.29, 1.82) is 0 Å². The summed E-state index contributed by atoms with van der Waals surface area (Å²) >= 11 is 0. The van der Waals surface area contributed by atoms with Crippen LogP contribution < -0.4 is 4.74 Å². The normalized spacial score (nSPS) is 18.1. The van der Waals surface area contributed by atoms with Crippen LogP contribution in [0.5, 0.6) is 5.75 Å². The maximum Gasteiger partial charge on any atom is 0.318 e. The van der Waals surface area contributed by atoms with E-state index in [0.717, 1.165) is 28.4 Å². The molecule has 1 fully saturated rings. The van der Waals surface area contributed by atoms with Crippen LogP contribution in [-0.4, -0.2) is 87.0 Å². The van der Waals surface area contributed by atoms with Crippen LogP contribution in [0, 0.1) is 6.92 Å². The van der Waals surface area contributed by atoms with Gasteiger partial charge in [0.1, 0.15) is 18.9 Å². The first-order chi connectivity index (χ1) is 12.2. The van der Waals surface area contributed by atoms with Gasteiger partial charge in [-0.1, -0.05) is 12.1 Å². The summed E-state index contributed by atoms with van der Waals surface area (Å²) in [7, 11) is -3.60. The number of carbonyl (C=O) groups is 1. The van der Waals surface area contributed by atoms with Crippen LogP contribution in [0.3, 0.4) is 0 Å². The van der Waals surface area contributed by atoms with E-state index in [4.69, 9.17) is 14.6 Å². The zero-order valence-corrected chi connectivity index (χ0v) is 17.2. The van der Waals surface area contributed by atoms with Crippen molar-refractivity contribution in [3.05, 3.63) is 29.8 Å². The van der Waals surface area contributed by atoms with Crippen LogP contribution in [0.4, 0.5) is 0 Å². The van der Waals surface area contributed by atoms with Crippen molar-refractivity contribution < 1.29 is 27.8 Å². The van der Waals surface area contributed by atoms with E-state index < -0.39 is 22.5 Å². The van der Waals surface area contributed by atoms with E-state index in [1.54, 1.807) is 0 Å². The Bertz CT molecular complexity index is 715. The first-order valence-electron chi connectivity index (χ1n) is 8.44. The zero-order valence-electron chi connectivity index (χ0n) is 15.5. The zero-order chi connectivity index (χ0) is 19.2. The molecule has 1 N–H and O–H groups in total. The molecule has 10 heteroatoms. The predicted octanol–water partition coefficient (Wildman–Crippen LogP) is 0.843. The molecule has 2 rings (SSSR count). The molecule has 0 spiro atoms. The topological polar surface area (TPSA) is 96.4 Å². The van der Waals surface area contributed by atoms with E-state index in [1.807, 2.05) is 31.2 Å². The van der Waals surface area contributed by atoms with E-state index in [1.165, 1.54) is 0 Å². The first-order valence-corrected chi connectivity index (χ1v) is 10.3. The van der Waals surface area contributed by atoms with Gasteiger partial charge in [0.25, 0.3) is 0 Å². The van der Waals surface area contributed by atoms with Crippen LogP contribution in [-0.2, 0) is 19.6 Å². The van der Waals surface area contributed by atoms with E-state index in [2.05, 4.69) is 4.90 Å². The smallest absolute Gasteiger partial charge is 0.318 e. The number of carboxylic acids is 1. The third kappa shape index (κ3) is 8.44. The fourth-order valence-electron chi connectivity index (χ4n) is 2.79. The lowest BCUT2D eigenvalue weighted by Crippen LogP contribution is -2.50. The SMILES string of the molecule is Cc1cccc(OCCN2CCOC(CN(CC(=O)O)S(C)(=O)=O)C2)c1.Cl. The second kappa shape index (κ2) is 10.8. The molecular formula is C17H27ClN2O6S. The second-order valence-electron chi connectivity index (χ2n) is 6.41. The number of halogens is 1. The van der Waals surface area contributed by atoms with Crippen molar-refractivity contribution in [3.8, 4) is 5.75 Å². The number of hydrogen-bond donors (Lipinski definition) is 1. The van der Waals surface area contributed by atoms with Crippen LogP contribution in [0.15, 0.2) is 24.3 Å². The molecule has 154 valence electrons. The van der Waals surface area contributed by atoms with Gasteiger partial charge in [0.2, 0.25) is 10.0 Å². The number of nitrogens with zero attached hydrogens (tertiary/aromatic N) is 2. The highest BCUT2D eigenvalue weighted by Gasteiger charge is 2.27. The van der Waals surface area contributed by atoms with Crippen LogP contribution in [0.1, 0.15) is 5.56 Å². The average molecular weight is 423 g/mol. The van der Waals surface area contributed by atoms with Gasteiger partial charge in [-0.3, -0.25) is 9.69 Å². The molecule has 0 aromatic heterocycles. The molecule has 0 radical (unpaired) electrons. The third-order valence-corrected chi connectivity index (χ3v) is 5.29. The van der Waals surface area contributed by atoms with Crippen molar-refractivity contribution in [2.24, 2.45) is 0 Å². The summed E-state index contributed by atoms with van der Waals surface area (Å²) in [5.74, 6) is -0.367. The summed E-state index contributed by atoms with van der Waals surface area (Å²) in [4.78, 5) is 13.0. The summed E-state index contributed by atoms with van der Waals surface area (Å²) in [5.41, 5.74) is 1.13. The molecule has 0 amide bonds. The molecule has 27 heavy (non-hydrogen) atoms. The maximum atomic E-state index is 11.8. The fraction of sp³-hybridized carbons (Fsp3) is 0.588. The molecule has 0 aliphatic carbocycles. The van der Waals surface area contributed by atoms with Crippen LogP contribution in [0.25, 0.3) is 0 Å². The highest BCUT2D eigenvalue weighted by Crippen LogP contribution is 2.13. The minimum atomic E-state index is -3.60. The van der Waals surface area contributed by atoms with E-state index in [0.29, 0.717) is 26.3 Å². The standard InChI is InChI=1S/C17H26N2O6S.ClH/c1-14-4-3-5-15(10-14)24-8-6-18-7-9-25-16(11-18)12-19(13-17(20)21)26(2,22)23;/h3-5,10,16H,6-9,11-13H2,1-2H3,(H,20,21);1H. The monoisotopic (exact) mass is 422 g/mol. The molecule has 1 aromatic carbocycles. The highest BCUT2D eigenvalue weighted by atomic mass is 35.5. The van der Waals surface area contributed by atoms with E-state index in [9.17, 15) is 13.2 Å². The molecule has 1 aliphatic heterocycles. The van der Waals surface area contributed by atoms with Gasteiger partial charge in [-0.15, -0.1) is 12.4 Å². The molecule has 1 saturated heterocycles. The summed E-state index contributed by atoms with van der Waals surface area (Å²) in [6, 6.07) is 7.82. The van der Waals surface area contributed by atoms with Gasteiger partial charge in [-0.05, 0) is 24.6 Å². The van der Waals surface area contributed by atoms with Crippen LogP contribution >= 0.6 is 12.4 Å². The largest absolute Gasteiger partial charge is 0.492 e. The van der Waals surface area contributed by atoms with E-state index in [-0.39, 0.29) is 25.1 Å². The Hall–Kier alpha value is -1.39. The lowest BCUT2D eigenvalue weighted by atomic mass is 10.2. The molecule has 0 saturated carbocycles. The van der Waals surface area contributed by atoms with Gasteiger partial charge in [0.05, 0.1) is 19.0 Å². The van der Waals surface area contributed by atoms with Gasteiger partial charge < -0.3 is 14.6 Å². The minimum Gasteiger partial charge on any atom is -0.492 e. The molecular weight excluding hydrogens is 396 g/mol. The Morgan fingerprint density at radius 2 is 2.19 bits per heavy atom. The van der Waals surface area contributed by atoms with Gasteiger partial charge in [0.15, 0.2) is 0 Å². The first kappa shape index (κ1) is 23.6. The number of morpholine rings is 1. The lowest BCUT2D eigenvalue weighted by Gasteiger charge is -2.34. The Balaban J connectivity index is 0.00000364. The number of rotatable bonds is 9. The molecule has 1 aliphatic rings. The van der Waals surface area contributed by atoms with Gasteiger partial charge in [0, 0.05) is 26.2 Å². The minimum absolute atomic E-state index is 0. The Labute approximate surface area is 166 Å². The number of ether oxygens (including phenoxy) is 2. The van der Waals surface area contributed by atoms with Crippen molar-refractivity contribution >= 4 is 28.4 Å². The van der Waals surface area contributed by atoms with Crippen molar-refractivity contribution in [2.75, 3.05) is 52.2 Å². The van der Waals surface area contributed by atoms with Crippen LogP contribution in [0.2, 0.25) is 0 Å². The molecule has 1 heterocycles. The highest BCUT2D eigenvalue weighted by molar-refractivity contribution is 7.88. The molecule has 0 bridgehead atoms. The molecule has 1 unspecified atom stereocenters. The fourth-order valence-corrected chi connectivity index (χ4v) is 3.57. The van der Waals surface area contributed by atoms with Gasteiger partial charge in [-0.2, -0.15) is 4.31 Å². The average Bonchev–Trinajstić information content (AvgIpc) is 2.53. The summed E-state index contributed by atoms with van der Waals surface area (Å²) in [6.45, 7) is 4.40. The van der Waals surface area contributed by atoms with Gasteiger partial charge >= 0.3 is 5.97 Å². The Kier molecular flexibility index (Phi) is 9.48. The number of carboxylic acid groups (broad SMARTS) is 1. The number of aryl methyl sites for hydroxylation is 1. The summed E-state index contributed by atoms with van der Waals surface area (Å²) in [6.07, 6.45) is 0.642. The Morgan fingerprint density at radius 1 is 1.44 bits per heavy atom. The number of hydrogen-bond acceptors (Lipinski definition) is 6. The third-order valence-electron chi connectivity index (χ3n) is 4.08. The Morgan fingerprint density at radius 3 is 2.81 bits per heavy atom. The summed E-state index contributed by atoms with van der Waals surface area (Å²) in [5, 5.41) is 8.90. The molecule has 8 nitrogen and oxygen atoms in total. The van der Waals surface area contributed by atoms with E-state index >= 15 is 0 Å². The lowest BCUT2D eigenvalue weighted by molar-refractivity contribution is -0.137. The predicted molar refractivity (Wildman–Crippen MR) is 104 cm³/mol. The second-order valence-corrected chi connectivity index (χ2v) is 8.39. The maximum absolute atomic E-state index is 11.8. The number of benzene rings is 1. The number of aliphatic carboxylic acids is 1. The summed E-state index contributed by atoms with van der Waals surface area (Å²) < 4.78 is 35.8. The van der Waals surface area contributed by atoms with Gasteiger partial charge in [-0.25, -0.2) is 8.42 Å². The number of sulfonamides is 1. The quantitative estimate of drug-likeness (QED) is 0.629. The van der Waals surface area contributed by atoms with Crippen molar-refractivity contribution in [1.82, 2.24) is 9.21 Å². The molecule has 1 aromatic rings. The van der Waals surface area contributed by atoms with Crippen molar-refractivity contribution in [3.63, 3.8) is 0 Å². The van der Waals surface area contributed by atoms with Crippen molar-refractivity contribution in [2.45, 2.75) is 13.0 Å².